The van der Waals surface area contributed by atoms with Gasteiger partial charge >= 0.3 is 0 Å². The molecule has 0 unspecified atom stereocenters. The van der Waals surface area contributed by atoms with Gasteiger partial charge in [0.1, 0.15) is 6.04 Å². The fraction of sp³-hybridized carbons (Fsp3) is 0.188. The Morgan fingerprint density at radius 1 is 1.26 bits per heavy atom. The maximum Gasteiger partial charge on any atom is 0.249 e. The average molecular weight is 309 g/mol. The van der Waals surface area contributed by atoms with Gasteiger partial charge in [0.15, 0.2) is 0 Å². The maximum atomic E-state index is 12.0. The number of carbonyl (C=O) groups is 1. The molecule has 0 bridgehead atoms. The fourth-order valence-corrected chi connectivity index (χ4v) is 2.04. The molecule has 3 heterocycles. The molecule has 0 saturated carbocycles. The molecule has 116 valence electrons. The van der Waals surface area contributed by atoms with Crippen LogP contribution in [0.15, 0.2) is 53.4 Å². The Morgan fingerprint density at radius 3 is 2.91 bits per heavy atom. The van der Waals surface area contributed by atoms with Crippen molar-refractivity contribution in [3.8, 4) is 11.4 Å². The van der Waals surface area contributed by atoms with E-state index in [0.717, 1.165) is 5.56 Å². The molecule has 0 aliphatic heterocycles. The summed E-state index contributed by atoms with van der Waals surface area (Å²) in [6.45, 7) is 1.79. The van der Waals surface area contributed by atoms with Gasteiger partial charge in [-0.05, 0) is 31.2 Å². The number of rotatable bonds is 5. The van der Waals surface area contributed by atoms with Crippen molar-refractivity contribution >= 4 is 5.91 Å². The van der Waals surface area contributed by atoms with E-state index in [4.69, 9.17) is 4.52 Å². The molecule has 3 aromatic rings. The van der Waals surface area contributed by atoms with Crippen LogP contribution in [0.1, 0.15) is 24.6 Å². The smallest absolute Gasteiger partial charge is 0.249 e. The lowest BCUT2D eigenvalue weighted by Gasteiger charge is -2.09. The summed E-state index contributed by atoms with van der Waals surface area (Å²) in [5.41, 5.74) is 1.47. The molecular formula is C16H15N5O2. The second kappa shape index (κ2) is 6.78. The van der Waals surface area contributed by atoms with Gasteiger partial charge in [-0.2, -0.15) is 4.98 Å². The first kappa shape index (κ1) is 14.8. The van der Waals surface area contributed by atoms with Crippen LogP contribution in [0.4, 0.5) is 0 Å². The van der Waals surface area contributed by atoms with Crippen LogP contribution in [-0.2, 0) is 11.2 Å². The highest BCUT2D eigenvalue weighted by atomic mass is 16.5. The summed E-state index contributed by atoms with van der Waals surface area (Å²) in [6, 6.07) is 8.70. The molecule has 0 aromatic carbocycles. The van der Waals surface area contributed by atoms with Crippen LogP contribution in [0.3, 0.4) is 0 Å². The highest BCUT2D eigenvalue weighted by molar-refractivity contribution is 5.78. The van der Waals surface area contributed by atoms with Gasteiger partial charge in [0.2, 0.25) is 17.6 Å². The van der Waals surface area contributed by atoms with E-state index in [1.807, 2.05) is 18.2 Å². The third-order valence-corrected chi connectivity index (χ3v) is 3.18. The van der Waals surface area contributed by atoms with Crippen molar-refractivity contribution in [3.05, 3.63) is 60.5 Å². The molecule has 0 fully saturated rings. The van der Waals surface area contributed by atoms with Crippen LogP contribution in [-0.4, -0.2) is 26.0 Å². The van der Waals surface area contributed by atoms with Crippen LogP contribution >= 0.6 is 0 Å². The van der Waals surface area contributed by atoms with Crippen molar-refractivity contribution in [1.82, 2.24) is 25.4 Å². The Hall–Kier alpha value is -3.09. The minimum Gasteiger partial charge on any atom is -0.344 e. The SMILES string of the molecule is C[C@H](NC(=O)Cc1ccccn1)c1nc(-c2cccnc2)no1. The van der Waals surface area contributed by atoms with Crippen LogP contribution in [0.5, 0.6) is 0 Å². The largest absolute Gasteiger partial charge is 0.344 e. The van der Waals surface area contributed by atoms with Crippen LogP contribution in [0.2, 0.25) is 0 Å². The number of hydrogen-bond acceptors (Lipinski definition) is 6. The molecule has 0 spiro atoms. The molecule has 3 aromatic heterocycles. The first-order valence-corrected chi connectivity index (χ1v) is 7.15. The first-order valence-electron chi connectivity index (χ1n) is 7.15. The Bertz CT molecular complexity index is 773. The topological polar surface area (TPSA) is 93.8 Å². The van der Waals surface area contributed by atoms with E-state index < -0.39 is 0 Å². The molecule has 7 heteroatoms. The molecule has 1 amide bonds. The molecule has 0 radical (unpaired) electrons. The Labute approximate surface area is 132 Å². The van der Waals surface area contributed by atoms with Gasteiger partial charge in [-0.15, -0.1) is 0 Å². The third-order valence-electron chi connectivity index (χ3n) is 3.18. The molecule has 3 rings (SSSR count). The molecule has 0 aliphatic carbocycles. The normalized spacial score (nSPS) is 11.9. The van der Waals surface area contributed by atoms with Gasteiger partial charge in [0.25, 0.3) is 0 Å². The van der Waals surface area contributed by atoms with Crippen molar-refractivity contribution in [2.75, 3.05) is 0 Å². The van der Waals surface area contributed by atoms with Crippen molar-refractivity contribution < 1.29 is 9.32 Å². The summed E-state index contributed by atoms with van der Waals surface area (Å²) < 4.78 is 5.21. The van der Waals surface area contributed by atoms with Crippen LogP contribution in [0.25, 0.3) is 11.4 Å². The highest BCUT2D eigenvalue weighted by Gasteiger charge is 2.17. The molecule has 0 aliphatic rings. The molecule has 23 heavy (non-hydrogen) atoms. The summed E-state index contributed by atoms with van der Waals surface area (Å²) in [7, 11) is 0. The van der Waals surface area contributed by atoms with Gasteiger partial charge in [-0.1, -0.05) is 11.2 Å². The summed E-state index contributed by atoms with van der Waals surface area (Å²) >= 11 is 0. The Morgan fingerprint density at radius 2 is 2.17 bits per heavy atom. The molecule has 1 atom stereocenters. The number of nitrogens with one attached hydrogen (secondary N) is 1. The number of amides is 1. The van der Waals surface area contributed by atoms with E-state index in [-0.39, 0.29) is 18.4 Å². The predicted octanol–water partition coefficient (Wildman–Crippen LogP) is 1.95. The standard InChI is InChI=1S/C16H15N5O2/c1-11(19-14(22)9-13-6-2-3-8-18-13)16-20-15(21-23-16)12-5-4-7-17-10-12/h2-8,10-11H,9H2,1H3,(H,19,22)/t11-/m0/s1. The van der Waals surface area contributed by atoms with Gasteiger partial charge in [0.05, 0.1) is 6.42 Å². The quantitative estimate of drug-likeness (QED) is 0.774. The van der Waals surface area contributed by atoms with Crippen molar-refractivity contribution in [2.45, 2.75) is 19.4 Å². The zero-order valence-electron chi connectivity index (χ0n) is 12.5. The molecule has 1 N–H and O–H groups in total. The van der Waals surface area contributed by atoms with Gasteiger partial charge < -0.3 is 9.84 Å². The van der Waals surface area contributed by atoms with Gasteiger partial charge in [-0.3, -0.25) is 14.8 Å². The lowest BCUT2D eigenvalue weighted by molar-refractivity contribution is -0.121. The zero-order chi connectivity index (χ0) is 16.1. The van der Waals surface area contributed by atoms with Gasteiger partial charge in [0, 0.05) is 29.8 Å². The van der Waals surface area contributed by atoms with E-state index in [9.17, 15) is 4.79 Å². The highest BCUT2D eigenvalue weighted by Crippen LogP contribution is 2.17. The number of hydrogen-bond donors (Lipinski definition) is 1. The lowest BCUT2D eigenvalue weighted by atomic mass is 10.2. The Kier molecular flexibility index (Phi) is 4.37. The molecule has 7 nitrogen and oxygen atoms in total. The summed E-state index contributed by atoms with van der Waals surface area (Å²) in [6.07, 6.45) is 5.18. The van der Waals surface area contributed by atoms with Crippen molar-refractivity contribution in [3.63, 3.8) is 0 Å². The van der Waals surface area contributed by atoms with Crippen molar-refractivity contribution in [1.29, 1.82) is 0 Å². The van der Waals surface area contributed by atoms with Crippen LogP contribution in [0, 0.1) is 0 Å². The number of carbonyl (C=O) groups excluding carboxylic acids is 1. The minimum absolute atomic E-state index is 0.155. The van der Waals surface area contributed by atoms with E-state index in [2.05, 4.69) is 25.4 Å². The van der Waals surface area contributed by atoms with E-state index in [1.54, 1.807) is 37.6 Å². The van der Waals surface area contributed by atoms with Crippen molar-refractivity contribution in [2.24, 2.45) is 0 Å². The first-order chi connectivity index (χ1) is 11.2. The minimum atomic E-state index is -0.385. The van der Waals surface area contributed by atoms with E-state index >= 15 is 0 Å². The predicted molar refractivity (Wildman–Crippen MR) is 82.0 cm³/mol. The van der Waals surface area contributed by atoms with Crippen LogP contribution < -0.4 is 5.32 Å². The average Bonchev–Trinajstić information content (AvgIpc) is 3.06. The monoisotopic (exact) mass is 309 g/mol. The Balaban J connectivity index is 1.63. The third kappa shape index (κ3) is 3.76. The molecule has 0 saturated heterocycles. The zero-order valence-corrected chi connectivity index (χ0v) is 12.5. The summed E-state index contributed by atoms with van der Waals surface area (Å²) in [5.74, 6) is 0.634. The second-order valence-corrected chi connectivity index (χ2v) is 4.98. The number of pyridine rings is 2. The fourth-order valence-electron chi connectivity index (χ4n) is 2.04. The summed E-state index contributed by atoms with van der Waals surface area (Å²) in [5, 5.41) is 6.73. The second-order valence-electron chi connectivity index (χ2n) is 4.98. The number of nitrogens with zero attached hydrogens (tertiary/aromatic N) is 4. The maximum absolute atomic E-state index is 12.0. The molecular weight excluding hydrogens is 294 g/mol. The summed E-state index contributed by atoms with van der Waals surface area (Å²) in [4.78, 5) is 24.4. The van der Waals surface area contributed by atoms with E-state index in [1.165, 1.54) is 0 Å². The van der Waals surface area contributed by atoms with E-state index in [0.29, 0.717) is 17.4 Å². The van der Waals surface area contributed by atoms with Gasteiger partial charge in [-0.25, -0.2) is 0 Å². The lowest BCUT2D eigenvalue weighted by Crippen LogP contribution is -2.28. The number of aromatic nitrogens is 4.